The fourth-order valence-electron chi connectivity index (χ4n) is 4.60. The Bertz CT molecular complexity index is 1690. The first-order valence-corrected chi connectivity index (χ1v) is 13.9. The van der Waals surface area contributed by atoms with Crippen LogP contribution in [0.2, 0.25) is 10.0 Å². The highest BCUT2D eigenvalue weighted by Gasteiger charge is 2.45. The van der Waals surface area contributed by atoms with Crippen LogP contribution in [0.25, 0.3) is 28.0 Å². The predicted octanol–water partition coefficient (Wildman–Crippen LogP) is 5.70. The lowest BCUT2D eigenvalue weighted by atomic mass is 10.00. The molecule has 1 amide bonds. The molecule has 0 bridgehead atoms. The molecule has 4 aromatic rings. The van der Waals surface area contributed by atoms with Crippen LogP contribution < -0.4 is 5.32 Å². The van der Waals surface area contributed by atoms with Gasteiger partial charge in [0.05, 0.1) is 22.7 Å². The molecule has 1 atom stereocenters. The van der Waals surface area contributed by atoms with E-state index >= 15 is 0 Å². The molecule has 1 aliphatic heterocycles. The number of carbonyl (C=O) groups is 1. The van der Waals surface area contributed by atoms with Crippen molar-refractivity contribution in [3.63, 3.8) is 0 Å². The molecule has 0 aliphatic carbocycles. The number of hydrogen-bond acceptors (Lipinski definition) is 5. The van der Waals surface area contributed by atoms with E-state index in [9.17, 15) is 26.4 Å². The lowest BCUT2D eigenvalue weighted by molar-refractivity contribution is -0.141. The Morgan fingerprint density at radius 2 is 1.76 bits per heavy atom. The van der Waals surface area contributed by atoms with E-state index in [4.69, 9.17) is 23.2 Å². The van der Waals surface area contributed by atoms with Crippen molar-refractivity contribution < 1.29 is 26.4 Å². The highest BCUT2D eigenvalue weighted by atomic mass is 35.5. The number of nitrogens with zero attached hydrogens (tertiary/aromatic N) is 3. The van der Waals surface area contributed by atoms with Gasteiger partial charge < -0.3 is 5.32 Å². The molecule has 1 unspecified atom stereocenters. The van der Waals surface area contributed by atoms with Crippen molar-refractivity contribution in [1.29, 1.82) is 0 Å². The summed E-state index contributed by atoms with van der Waals surface area (Å²) in [7, 11) is -3.43. The van der Waals surface area contributed by atoms with Gasteiger partial charge in [0, 0.05) is 32.9 Å². The van der Waals surface area contributed by atoms with Crippen LogP contribution in [0.5, 0.6) is 0 Å². The molecule has 2 aromatic carbocycles. The van der Waals surface area contributed by atoms with E-state index in [1.54, 1.807) is 48.5 Å². The molecular weight excluding hydrogens is 564 g/mol. The Morgan fingerprint density at radius 3 is 2.37 bits per heavy atom. The van der Waals surface area contributed by atoms with Gasteiger partial charge >= 0.3 is 6.18 Å². The molecule has 0 saturated carbocycles. The predicted molar refractivity (Wildman–Crippen MR) is 138 cm³/mol. The van der Waals surface area contributed by atoms with Crippen LogP contribution in [0.1, 0.15) is 29.4 Å². The number of hydrogen-bond donors (Lipinski definition) is 1. The zero-order valence-corrected chi connectivity index (χ0v) is 22.0. The average molecular weight is 583 g/mol. The summed E-state index contributed by atoms with van der Waals surface area (Å²) in [5, 5.41) is 7.05. The van der Waals surface area contributed by atoms with Crippen LogP contribution in [0, 0.1) is 0 Å². The number of nitrogens with one attached hydrogen (secondary N) is 1. The van der Waals surface area contributed by atoms with Gasteiger partial charge in [0.15, 0.2) is 21.2 Å². The fraction of sp³-hybridized carbons (Fsp3) is 0.240. The summed E-state index contributed by atoms with van der Waals surface area (Å²) in [6.07, 6.45) is -3.60. The summed E-state index contributed by atoms with van der Waals surface area (Å²) >= 11 is 12.5. The summed E-state index contributed by atoms with van der Waals surface area (Å²) in [5.74, 6) is -1.68. The third kappa shape index (κ3) is 4.85. The quantitative estimate of drug-likeness (QED) is 0.333. The molecule has 1 saturated heterocycles. The SMILES string of the molecule is CC1(NC(=O)c2c(C(F)(F)F)nn3c(-c4ccc(Cl)cc4)c(-c4ccccc4Cl)cnc23)CCS(=O)(=O)C1. The normalized spacial score (nSPS) is 19.1. The lowest BCUT2D eigenvalue weighted by Crippen LogP contribution is -2.47. The van der Waals surface area contributed by atoms with Gasteiger partial charge in [-0.25, -0.2) is 17.9 Å². The molecule has 0 spiro atoms. The van der Waals surface area contributed by atoms with Crippen molar-refractivity contribution >= 4 is 44.6 Å². The van der Waals surface area contributed by atoms with Gasteiger partial charge in [0.2, 0.25) is 0 Å². The van der Waals surface area contributed by atoms with Crippen molar-refractivity contribution in [2.24, 2.45) is 0 Å². The average Bonchev–Trinajstić information content (AvgIpc) is 3.36. The summed E-state index contributed by atoms with van der Waals surface area (Å²) in [5.41, 5.74) is -2.30. The first-order valence-electron chi connectivity index (χ1n) is 11.3. The zero-order valence-electron chi connectivity index (χ0n) is 19.7. The number of benzene rings is 2. The minimum Gasteiger partial charge on any atom is -0.346 e. The Hall–Kier alpha value is -3.15. The van der Waals surface area contributed by atoms with Gasteiger partial charge in [-0.3, -0.25) is 4.79 Å². The van der Waals surface area contributed by atoms with E-state index in [0.29, 0.717) is 26.7 Å². The topological polar surface area (TPSA) is 93.4 Å². The monoisotopic (exact) mass is 582 g/mol. The standard InChI is InChI=1S/C25H19Cl2F3N4O3S/c1-24(10-11-38(36,37)13-24)32-23(35)19-21(25(28,29)30)33-34-20(14-6-8-15(26)9-7-14)17(12-31-22(19)34)16-4-2-3-5-18(16)27/h2-9,12H,10-11,13H2,1H3,(H,32,35). The Morgan fingerprint density at radius 1 is 1.08 bits per heavy atom. The minimum absolute atomic E-state index is 0.0712. The summed E-state index contributed by atoms with van der Waals surface area (Å²) < 4.78 is 67.7. The number of carbonyl (C=O) groups excluding carboxylic acids is 1. The van der Waals surface area contributed by atoms with E-state index in [1.807, 2.05) is 0 Å². The third-order valence-electron chi connectivity index (χ3n) is 6.34. The smallest absolute Gasteiger partial charge is 0.346 e. The van der Waals surface area contributed by atoms with Gasteiger partial charge in [-0.05, 0) is 31.5 Å². The number of amides is 1. The largest absolute Gasteiger partial charge is 0.436 e. The minimum atomic E-state index is -5.01. The second kappa shape index (κ2) is 9.25. The van der Waals surface area contributed by atoms with Gasteiger partial charge in [-0.2, -0.15) is 18.3 Å². The van der Waals surface area contributed by atoms with Crippen LogP contribution in [-0.2, 0) is 16.0 Å². The number of rotatable bonds is 4. The van der Waals surface area contributed by atoms with Crippen LogP contribution in [0.15, 0.2) is 54.7 Å². The molecule has 198 valence electrons. The Balaban J connectivity index is 1.77. The van der Waals surface area contributed by atoms with Crippen molar-refractivity contribution in [2.45, 2.75) is 25.1 Å². The molecule has 38 heavy (non-hydrogen) atoms. The first-order chi connectivity index (χ1) is 17.8. The van der Waals surface area contributed by atoms with Crippen LogP contribution in [0.4, 0.5) is 13.2 Å². The molecular formula is C25H19Cl2F3N4O3S. The van der Waals surface area contributed by atoms with Crippen molar-refractivity contribution in [3.8, 4) is 22.4 Å². The van der Waals surface area contributed by atoms with Crippen LogP contribution in [0.3, 0.4) is 0 Å². The number of aromatic nitrogens is 3. The van der Waals surface area contributed by atoms with E-state index in [1.165, 1.54) is 13.1 Å². The third-order valence-corrected chi connectivity index (χ3v) is 8.82. The number of alkyl halides is 3. The van der Waals surface area contributed by atoms with E-state index in [-0.39, 0.29) is 29.3 Å². The second-order valence-electron chi connectivity index (χ2n) is 9.32. The summed E-state index contributed by atoms with van der Waals surface area (Å²) in [6, 6.07) is 13.1. The first kappa shape index (κ1) is 26.5. The Kier molecular flexibility index (Phi) is 6.44. The van der Waals surface area contributed by atoms with Gasteiger partial charge in [0.25, 0.3) is 5.91 Å². The van der Waals surface area contributed by atoms with Gasteiger partial charge in [-0.15, -0.1) is 0 Å². The van der Waals surface area contributed by atoms with E-state index in [2.05, 4.69) is 15.4 Å². The lowest BCUT2D eigenvalue weighted by Gasteiger charge is -2.24. The maximum atomic E-state index is 14.2. The summed E-state index contributed by atoms with van der Waals surface area (Å²) in [6.45, 7) is 1.48. The molecule has 1 fully saturated rings. The maximum Gasteiger partial charge on any atom is 0.436 e. The maximum absolute atomic E-state index is 14.2. The number of fused-ring (bicyclic) bond motifs is 1. The molecule has 7 nitrogen and oxygen atoms in total. The van der Waals surface area contributed by atoms with Crippen LogP contribution in [-0.4, -0.2) is 46.0 Å². The molecule has 1 aliphatic rings. The molecule has 5 rings (SSSR count). The van der Waals surface area contributed by atoms with E-state index in [0.717, 1.165) is 4.52 Å². The van der Waals surface area contributed by atoms with Crippen molar-refractivity contribution in [2.75, 3.05) is 11.5 Å². The fourth-order valence-corrected chi connectivity index (χ4v) is 7.06. The highest BCUT2D eigenvalue weighted by Crippen LogP contribution is 2.39. The van der Waals surface area contributed by atoms with Crippen LogP contribution >= 0.6 is 23.2 Å². The van der Waals surface area contributed by atoms with Crippen molar-refractivity contribution in [3.05, 3.63) is 76.0 Å². The molecule has 0 radical (unpaired) electrons. The second-order valence-corrected chi connectivity index (χ2v) is 12.3. The van der Waals surface area contributed by atoms with Crippen molar-refractivity contribution in [1.82, 2.24) is 19.9 Å². The zero-order chi connectivity index (χ0) is 27.5. The molecule has 2 aromatic heterocycles. The molecule has 1 N–H and O–H groups in total. The molecule has 13 heteroatoms. The van der Waals surface area contributed by atoms with Gasteiger partial charge in [0.1, 0.15) is 5.56 Å². The molecule has 3 heterocycles. The number of halogens is 5. The highest BCUT2D eigenvalue weighted by molar-refractivity contribution is 7.91. The summed E-state index contributed by atoms with van der Waals surface area (Å²) in [4.78, 5) is 17.5. The van der Waals surface area contributed by atoms with E-state index < -0.39 is 38.7 Å². The number of sulfone groups is 1. The van der Waals surface area contributed by atoms with Gasteiger partial charge in [-0.1, -0.05) is 53.5 Å². The Labute approximate surface area is 225 Å².